The van der Waals surface area contributed by atoms with Gasteiger partial charge in [-0.1, -0.05) is 22.9 Å². The first kappa shape index (κ1) is 16.3. The van der Waals surface area contributed by atoms with Crippen molar-refractivity contribution in [2.75, 3.05) is 13.2 Å². The van der Waals surface area contributed by atoms with Crippen LogP contribution in [0.1, 0.15) is 36.2 Å². The average Bonchev–Trinajstić information content (AvgIpc) is 3.23. The number of ether oxygens (including phenoxy) is 1. The lowest BCUT2D eigenvalue weighted by atomic mass is 10.1. The Bertz CT molecular complexity index is 768. The van der Waals surface area contributed by atoms with Crippen molar-refractivity contribution in [3.63, 3.8) is 0 Å². The Morgan fingerprint density at radius 3 is 2.84 bits per heavy atom. The van der Waals surface area contributed by atoms with Crippen LogP contribution in [0.5, 0.6) is 0 Å². The van der Waals surface area contributed by atoms with Crippen LogP contribution in [0.3, 0.4) is 0 Å². The molecule has 1 aliphatic carbocycles. The fourth-order valence-corrected chi connectivity index (χ4v) is 3.94. The second kappa shape index (κ2) is 6.59. The molecule has 0 N–H and O–H groups in total. The summed E-state index contributed by atoms with van der Waals surface area (Å²) in [5.41, 5.74) is 3.85. The average molecular weight is 340 g/mol. The second-order valence-corrected chi connectivity index (χ2v) is 7.04. The van der Waals surface area contributed by atoms with Gasteiger partial charge in [0.25, 0.3) is 0 Å². The first-order valence-electron chi connectivity index (χ1n) is 9.03. The highest BCUT2D eigenvalue weighted by Crippen LogP contribution is 2.30. The Hall–Kier alpha value is -2.21. The van der Waals surface area contributed by atoms with Gasteiger partial charge in [0.2, 0.25) is 5.91 Å². The third-order valence-electron chi connectivity index (χ3n) is 5.39. The number of nitrogens with zero attached hydrogens (tertiary/aromatic N) is 4. The minimum Gasteiger partial charge on any atom is -0.374 e. The summed E-state index contributed by atoms with van der Waals surface area (Å²) < 4.78 is 7.61. The molecule has 2 aliphatic rings. The quantitative estimate of drug-likeness (QED) is 0.859. The number of carbonyl (C=O) groups is 1. The van der Waals surface area contributed by atoms with E-state index in [2.05, 4.69) is 29.4 Å². The third-order valence-corrected chi connectivity index (χ3v) is 5.39. The van der Waals surface area contributed by atoms with E-state index in [0.29, 0.717) is 19.6 Å². The highest BCUT2D eigenvalue weighted by atomic mass is 16.5. The lowest BCUT2D eigenvalue weighted by Crippen LogP contribution is -2.51. The molecular formula is C19H24N4O2. The van der Waals surface area contributed by atoms with Crippen molar-refractivity contribution in [1.29, 1.82) is 0 Å². The summed E-state index contributed by atoms with van der Waals surface area (Å²) in [5, 5.41) is 8.52. The number of hydrogen-bond acceptors (Lipinski definition) is 4. The van der Waals surface area contributed by atoms with Gasteiger partial charge in [0.05, 0.1) is 42.2 Å². The van der Waals surface area contributed by atoms with Crippen LogP contribution in [0.25, 0.3) is 5.69 Å². The largest absolute Gasteiger partial charge is 0.374 e. The van der Waals surface area contributed by atoms with Gasteiger partial charge < -0.3 is 9.64 Å². The highest BCUT2D eigenvalue weighted by molar-refractivity contribution is 5.79. The van der Waals surface area contributed by atoms with Crippen molar-refractivity contribution >= 4 is 5.91 Å². The Balaban J connectivity index is 1.51. The SMILES string of the molecule is Cc1ccc(-n2nnc(CC(=O)N3CCO[C@H]4CCC[C@@H]43)c2C)cc1. The molecule has 1 aliphatic heterocycles. The minimum atomic E-state index is 0.138. The molecule has 2 aromatic rings. The van der Waals surface area contributed by atoms with Crippen molar-refractivity contribution in [2.24, 2.45) is 0 Å². The summed E-state index contributed by atoms with van der Waals surface area (Å²) in [5.74, 6) is 0.138. The lowest BCUT2D eigenvalue weighted by Gasteiger charge is -2.37. The zero-order chi connectivity index (χ0) is 17.4. The van der Waals surface area contributed by atoms with Gasteiger partial charge in [0, 0.05) is 6.54 Å². The summed E-state index contributed by atoms with van der Waals surface area (Å²) in [6, 6.07) is 8.39. The van der Waals surface area contributed by atoms with Gasteiger partial charge in [-0.15, -0.1) is 5.10 Å². The lowest BCUT2D eigenvalue weighted by molar-refractivity contribution is -0.143. The van der Waals surface area contributed by atoms with Gasteiger partial charge in [-0.05, 0) is 45.2 Å². The van der Waals surface area contributed by atoms with Crippen LogP contribution in [-0.2, 0) is 16.0 Å². The van der Waals surface area contributed by atoms with Crippen molar-refractivity contribution in [2.45, 2.75) is 51.7 Å². The first-order chi connectivity index (χ1) is 12.1. The monoisotopic (exact) mass is 340 g/mol. The van der Waals surface area contributed by atoms with Crippen LogP contribution in [0, 0.1) is 13.8 Å². The van der Waals surface area contributed by atoms with Crippen LogP contribution >= 0.6 is 0 Å². The molecule has 1 aromatic carbocycles. The fraction of sp³-hybridized carbons (Fsp3) is 0.526. The maximum absolute atomic E-state index is 12.8. The summed E-state index contributed by atoms with van der Waals surface area (Å²) in [6.07, 6.45) is 3.78. The molecule has 0 radical (unpaired) electrons. The predicted octanol–water partition coefficient (Wildman–Crippen LogP) is 2.21. The van der Waals surface area contributed by atoms with Gasteiger partial charge in [-0.3, -0.25) is 4.79 Å². The molecule has 1 aromatic heterocycles. The van der Waals surface area contributed by atoms with Crippen LogP contribution in [0.4, 0.5) is 0 Å². The van der Waals surface area contributed by atoms with E-state index in [4.69, 9.17) is 4.74 Å². The third kappa shape index (κ3) is 3.06. The number of aryl methyl sites for hydroxylation is 1. The van der Waals surface area contributed by atoms with E-state index >= 15 is 0 Å². The smallest absolute Gasteiger partial charge is 0.229 e. The molecule has 0 unspecified atom stereocenters. The van der Waals surface area contributed by atoms with Crippen LogP contribution < -0.4 is 0 Å². The van der Waals surface area contributed by atoms with Gasteiger partial charge in [0.1, 0.15) is 0 Å². The molecule has 6 nitrogen and oxygen atoms in total. The molecule has 132 valence electrons. The van der Waals surface area contributed by atoms with E-state index in [9.17, 15) is 4.79 Å². The molecule has 2 heterocycles. The van der Waals surface area contributed by atoms with Gasteiger partial charge in [-0.25, -0.2) is 4.68 Å². The van der Waals surface area contributed by atoms with Crippen molar-refractivity contribution in [1.82, 2.24) is 19.9 Å². The number of rotatable bonds is 3. The van der Waals surface area contributed by atoms with Gasteiger partial charge in [-0.2, -0.15) is 0 Å². The van der Waals surface area contributed by atoms with Gasteiger partial charge >= 0.3 is 0 Å². The van der Waals surface area contributed by atoms with E-state index in [1.165, 1.54) is 5.56 Å². The van der Waals surface area contributed by atoms with E-state index in [0.717, 1.165) is 36.3 Å². The van der Waals surface area contributed by atoms with E-state index in [1.807, 2.05) is 24.0 Å². The summed E-state index contributed by atoms with van der Waals surface area (Å²) in [6.45, 7) is 5.36. The Morgan fingerprint density at radius 2 is 2.04 bits per heavy atom. The number of morpholine rings is 1. The normalized spacial score (nSPS) is 22.9. The maximum atomic E-state index is 12.8. The molecule has 0 bridgehead atoms. The Kier molecular flexibility index (Phi) is 4.29. The fourth-order valence-electron chi connectivity index (χ4n) is 3.94. The van der Waals surface area contributed by atoms with E-state index in [1.54, 1.807) is 4.68 Å². The number of carbonyl (C=O) groups excluding carboxylic acids is 1. The van der Waals surface area contributed by atoms with Gasteiger partial charge in [0.15, 0.2) is 0 Å². The molecular weight excluding hydrogens is 316 g/mol. The summed E-state index contributed by atoms with van der Waals surface area (Å²) >= 11 is 0. The molecule has 6 heteroatoms. The number of hydrogen-bond donors (Lipinski definition) is 0. The minimum absolute atomic E-state index is 0.138. The van der Waals surface area contributed by atoms with Crippen molar-refractivity contribution in [3.05, 3.63) is 41.2 Å². The standard InChI is InChI=1S/C19H24N4O2/c1-13-6-8-15(9-7-13)23-14(2)16(20-21-23)12-19(24)22-10-11-25-18-5-3-4-17(18)22/h6-9,17-18H,3-5,10-12H2,1-2H3/t17-,18-/m0/s1. The Labute approximate surface area is 147 Å². The summed E-state index contributed by atoms with van der Waals surface area (Å²) in [4.78, 5) is 14.9. The number of amides is 1. The molecule has 2 atom stereocenters. The van der Waals surface area contributed by atoms with Crippen LogP contribution in [0.15, 0.2) is 24.3 Å². The molecule has 1 saturated carbocycles. The molecule has 1 saturated heterocycles. The number of aromatic nitrogens is 3. The topological polar surface area (TPSA) is 60.2 Å². The highest BCUT2D eigenvalue weighted by Gasteiger charge is 2.38. The zero-order valence-corrected chi connectivity index (χ0v) is 14.8. The molecule has 0 spiro atoms. The maximum Gasteiger partial charge on any atom is 0.229 e. The van der Waals surface area contributed by atoms with Crippen LogP contribution in [0.2, 0.25) is 0 Å². The van der Waals surface area contributed by atoms with E-state index in [-0.39, 0.29) is 18.1 Å². The predicted molar refractivity (Wildman–Crippen MR) is 93.6 cm³/mol. The number of fused-ring (bicyclic) bond motifs is 1. The molecule has 2 fully saturated rings. The summed E-state index contributed by atoms with van der Waals surface area (Å²) in [7, 11) is 0. The van der Waals surface area contributed by atoms with Crippen molar-refractivity contribution < 1.29 is 9.53 Å². The van der Waals surface area contributed by atoms with E-state index < -0.39 is 0 Å². The molecule has 4 rings (SSSR count). The molecule has 1 amide bonds. The van der Waals surface area contributed by atoms with Crippen LogP contribution in [-0.4, -0.2) is 51.1 Å². The zero-order valence-electron chi connectivity index (χ0n) is 14.8. The first-order valence-corrected chi connectivity index (χ1v) is 9.03. The van der Waals surface area contributed by atoms with Crippen molar-refractivity contribution in [3.8, 4) is 5.69 Å². The Morgan fingerprint density at radius 1 is 1.24 bits per heavy atom. The second-order valence-electron chi connectivity index (χ2n) is 7.04. The number of benzene rings is 1. The molecule has 25 heavy (non-hydrogen) atoms.